The van der Waals surface area contributed by atoms with Crippen LogP contribution in [-0.2, 0) is 18.2 Å². The van der Waals surface area contributed by atoms with Gasteiger partial charge < -0.3 is 10.1 Å². The number of aromatic nitrogens is 2. The number of aryl methyl sites for hydroxylation is 2. The van der Waals surface area contributed by atoms with Crippen molar-refractivity contribution >= 4 is 0 Å². The molecular formula is C11H21N3O. The van der Waals surface area contributed by atoms with Crippen LogP contribution in [0.3, 0.4) is 0 Å². The zero-order valence-electron chi connectivity index (χ0n) is 10.1. The third kappa shape index (κ3) is 3.32. The highest BCUT2D eigenvalue weighted by Crippen LogP contribution is 2.11. The van der Waals surface area contributed by atoms with Gasteiger partial charge in [-0.3, -0.25) is 4.68 Å². The van der Waals surface area contributed by atoms with Crippen LogP contribution >= 0.6 is 0 Å². The maximum absolute atomic E-state index is 4.97. The predicted molar refractivity (Wildman–Crippen MR) is 61.1 cm³/mol. The number of nitrogens with zero attached hydrogens (tertiary/aromatic N) is 2. The molecule has 0 bridgehead atoms. The first-order valence-electron chi connectivity index (χ1n) is 5.35. The van der Waals surface area contributed by atoms with Gasteiger partial charge in [0.2, 0.25) is 0 Å². The van der Waals surface area contributed by atoms with Crippen LogP contribution in [0.2, 0.25) is 0 Å². The second-order valence-electron chi connectivity index (χ2n) is 3.77. The normalized spacial score (nSPS) is 10.9. The Labute approximate surface area is 91.6 Å². The van der Waals surface area contributed by atoms with Gasteiger partial charge in [0.05, 0.1) is 12.3 Å². The van der Waals surface area contributed by atoms with E-state index in [4.69, 9.17) is 4.74 Å². The van der Waals surface area contributed by atoms with Gasteiger partial charge in [-0.1, -0.05) is 0 Å². The lowest BCUT2D eigenvalue weighted by atomic mass is 10.1. The van der Waals surface area contributed by atoms with Crippen LogP contribution in [0.1, 0.15) is 17.0 Å². The topological polar surface area (TPSA) is 39.1 Å². The van der Waals surface area contributed by atoms with E-state index in [-0.39, 0.29) is 0 Å². The second-order valence-corrected chi connectivity index (χ2v) is 3.77. The molecule has 1 heterocycles. The monoisotopic (exact) mass is 211 g/mol. The number of hydrogen-bond donors (Lipinski definition) is 1. The fourth-order valence-electron chi connectivity index (χ4n) is 1.69. The Morgan fingerprint density at radius 1 is 1.33 bits per heavy atom. The fourth-order valence-corrected chi connectivity index (χ4v) is 1.69. The third-order valence-corrected chi connectivity index (χ3v) is 2.69. The van der Waals surface area contributed by atoms with Gasteiger partial charge in [0.25, 0.3) is 0 Å². The summed E-state index contributed by atoms with van der Waals surface area (Å²) in [5.74, 6) is 0. The molecule has 0 fully saturated rings. The molecule has 15 heavy (non-hydrogen) atoms. The molecule has 0 saturated heterocycles. The molecule has 4 nitrogen and oxygen atoms in total. The number of methoxy groups -OCH3 is 1. The highest BCUT2D eigenvalue weighted by molar-refractivity contribution is 5.24. The summed E-state index contributed by atoms with van der Waals surface area (Å²) in [4.78, 5) is 0. The van der Waals surface area contributed by atoms with Gasteiger partial charge in [-0.25, -0.2) is 0 Å². The Hall–Kier alpha value is -0.870. The van der Waals surface area contributed by atoms with Gasteiger partial charge in [-0.15, -0.1) is 0 Å². The standard InChI is InChI=1S/C11H21N3O/c1-9-11(10(2)14(3)13-9)5-6-12-7-8-15-4/h12H,5-8H2,1-4H3. The minimum absolute atomic E-state index is 0.769. The second kappa shape index (κ2) is 5.88. The minimum atomic E-state index is 0.769. The van der Waals surface area contributed by atoms with Crippen molar-refractivity contribution < 1.29 is 4.74 Å². The highest BCUT2D eigenvalue weighted by atomic mass is 16.5. The van der Waals surface area contributed by atoms with Crippen LogP contribution in [0.25, 0.3) is 0 Å². The summed E-state index contributed by atoms with van der Waals surface area (Å²) >= 11 is 0. The van der Waals surface area contributed by atoms with E-state index in [1.165, 1.54) is 11.3 Å². The lowest BCUT2D eigenvalue weighted by molar-refractivity contribution is 0.199. The first-order valence-corrected chi connectivity index (χ1v) is 5.35. The molecule has 1 N–H and O–H groups in total. The van der Waals surface area contributed by atoms with Crippen LogP contribution in [0.4, 0.5) is 0 Å². The summed E-state index contributed by atoms with van der Waals surface area (Å²) < 4.78 is 6.91. The molecule has 0 aromatic carbocycles. The molecule has 1 aromatic rings. The molecule has 0 aliphatic heterocycles. The third-order valence-electron chi connectivity index (χ3n) is 2.69. The van der Waals surface area contributed by atoms with E-state index in [2.05, 4.69) is 24.3 Å². The van der Waals surface area contributed by atoms with Gasteiger partial charge in [-0.2, -0.15) is 5.10 Å². The van der Waals surface area contributed by atoms with Crippen molar-refractivity contribution in [2.75, 3.05) is 26.8 Å². The van der Waals surface area contributed by atoms with Gasteiger partial charge >= 0.3 is 0 Å². The van der Waals surface area contributed by atoms with E-state index in [1.54, 1.807) is 7.11 Å². The first kappa shape index (κ1) is 12.2. The fraction of sp³-hybridized carbons (Fsp3) is 0.727. The van der Waals surface area contributed by atoms with Crippen LogP contribution in [-0.4, -0.2) is 36.6 Å². The van der Waals surface area contributed by atoms with Crippen molar-refractivity contribution in [1.29, 1.82) is 0 Å². The van der Waals surface area contributed by atoms with Gasteiger partial charge in [0.1, 0.15) is 0 Å². The largest absolute Gasteiger partial charge is 0.383 e. The lowest BCUT2D eigenvalue weighted by Gasteiger charge is -2.04. The number of rotatable bonds is 6. The maximum atomic E-state index is 4.97. The quantitative estimate of drug-likeness (QED) is 0.708. The Bertz CT molecular complexity index is 307. The maximum Gasteiger partial charge on any atom is 0.0628 e. The molecule has 0 aliphatic carbocycles. The SMILES string of the molecule is COCCNCCc1c(C)nn(C)c1C. The molecule has 0 atom stereocenters. The summed E-state index contributed by atoms with van der Waals surface area (Å²) in [6, 6.07) is 0. The number of nitrogens with one attached hydrogen (secondary N) is 1. The molecule has 0 aliphatic rings. The van der Waals surface area contributed by atoms with Crippen molar-refractivity contribution in [2.45, 2.75) is 20.3 Å². The van der Waals surface area contributed by atoms with E-state index in [0.29, 0.717) is 0 Å². The van der Waals surface area contributed by atoms with Crippen molar-refractivity contribution in [3.05, 3.63) is 17.0 Å². The van der Waals surface area contributed by atoms with E-state index in [9.17, 15) is 0 Å². The first-order chi connectivity index (χ1) is 7.16. The van der Waals surface area contributed by atoms with Crippen molar-refractivity contribution in [1.82, 2.24) is 15.1 Å². The lowest BCUT2D eigenvalue weighted by Crippen LogP contribution is -2.22. The highest BCUT2D eigenvalue weighted by Gasteiger charge is 2.07. The summed E-state index contributed by atoms with van der Waals surface area (Å²) in [6.07, 6.45) is 1.04. The minimum Gasteiger partial charge on any atom is -0.383 e. The Morgan fingerprint density at radius 2 is 2.07 bits per heavy atom. The molecule has 4 heteroatoms. The average Bonchev–Trinajstić information content (AvgIpc) is 2.44. The van der Waals surface area contributed by atoms with Crippen LogP contribution in [0.5, 0.6) is 0 Å². The Balaban J connectivity index is 2.37. The van der Waals surface area contributed by atoms with Crippen molar-refractivity contribution in [3.8, 4) is 0 Å². The summed E-state index contributed by atoms with van der Waals surface area (Å²) in [5, 5.41) is 7.73. The van der Waals surface area contributed by atoms with E-state index >= 15 is 0 Å². The van der Waals surface area contributed by atoms with Gasteiger partial charge in [0.15, 0.2) is 0 Å². The molecule has 86 valence electrons. The summed E-state index contributed by atoms with van der Waals surface area (Å²) in [7, 11) is 3.71. The summed E-state index contributed by atoms with van der Waals surface area (Å²) in [5.41, 5.74) is 3.77. The van der Waals surface area contributed by atoms with E-state index in [1.807, 2.05) is 11.7 Å². The Morgan fingerprint density at radius 3 is 2.60 bits per heavy atom. The summed E-state index contributed by atoms with van der Waals surface area (Å²) in [6.45, 7) is 6.85. The van der Waals surface area contributed by atoms with Crippen LogP contribution < -0.4 is 5.32 Å². The molecule has 0 amide bonds. The Kier molecular flexibility index (Phi) is 4.78. The molecule has 1 rings (SSSR count). The zero-order valence-corrected chi connectivity index (χ0v) is 10.1. The average molecular weight is 211 g/mol. The van der Waals surface area contributed by atoms with Gasteiger partial charge in [-0.05, 0) is 32.4 Å². The van der Waals surface area contributed by atoms with Crippen LogP contribution in [0, 0.1) is 13.8 Å². The zero-order chi connectivity index (χ0) is 11.3. The molecule has 0 spiro atoms. The molecule has 0 unspecified atom stereocenters. The molecular weight excluding hydrogens is 190 g/mol. The van der Waals surface area contributed by atoms with E-state index in [0.717, 1.165) is 31.8 Å². The molecule has 0 radical (unpaired) electrons. The van der Waals surface area contributed by atoms with E-state index < -0.39 is 0 Å². The molecule has 0 saturated carbocycles. The number of hydrogen-bond acceptors (Lipinski definition) is 3. The molecule has 1 aromatic heterocycles. The predicted octanol–water partition coefficient (Wildman–Crippen LogP) is 0.815. The van der Waals surface area contributed by atoms with Crippen molar-refractivity contribution in [2.24, 2.45) is 7.05 Å². The number of ether oxygens (including phenoxy) is 1. The van der Waals surface area contributed by atoms with Gasteiger partial charge in [0, 0.05) is 26.4 Å². The van der Waals surface area contributed by atoms with Crippen molar-refractivity contribution in [3.63, 3.8) is 0 Å². The smallest absolute Gasteiger partial charge is 0.0628 e. The van der Waals surface area contributed by atoms with Crippen LogP contribution in [0.15, 0.2) is 0 Å².